The van der Waals surface area contributed by atoms with Gasteiger partial charge in [-0.25, -0.2) is 4.98 Å². The van der Waals surface area contributed by atoms with Crippen molar-refractivity contribution in [2.45, 2.75) is 25.6 Å². The summed E-state index contributed by atoms with van der Waals surface area (Å²) < 4.78 is 10.9. The van der Waals surface area contributed by atoms with E-state index in [4.69, 9.17) is 9.47 Å². The quantitative estimate of drug-likeness (QED) is 0.554. The molecular weight excluding hydrogens is 442 g/mol. The number of aryl methyl sites for hydroxylation is 1. The van der Waals surface area contributed by atoms with Crippen molar-refractivity contribution in [3.63, 3.8) is 0 Å². The number of nitrogens with one attached hydrogen (secondary N) is 1. The molecule has 2 unspecified atom stereocenters. The zero-order valence-electron chi connectivity index (χ0n) is 18.4. The second-order valence-electron chi connectivity index (χ2n) is 7.67. The molecule has 172 valence electrons. The van der Waals surface area contributed by atoms with Crippen molar-refractivity contribution in [2.75, 3.05) is 25.6 Å². The second kappa shape index (κ2) is 10.1. The van der Waals surface area contributed by atoms with Crippen molar-refractivity contribution in [1.29, 1.82) is 0 Å². The number of benzene rings is 2. The lowest BCUT2D eigenvalue weighted by molar-refractivity contribution is -0.161. The van der Waals surface area contributed by atoms with Gasteiger partial charge in [0.25, 0.3) is 5.91 Å². The zero-order valence-corrected chi connectivity index (χ0v) is 19.2. The maximum absolute atomic E-state index is 12.5. The fraction of sp³-hybridized carbons (Fsp3) is 0.292. The number of aromatic nitrogens is 1. The van der Waals surface area contributed by atoms with Gasteiger partial charge in [0.15, 0.2) is 0 Å². The number of nitrogens with zero attached hydrogens (tertiary/aromatic N) is 2. The van der Waals surface area contributed by atoms with E-state index < -0.39 is 12.1 Å². The van der Waals surface area contributed by atoms with Crippen LogP contribution in [-0.2, 0) is 16.1 Å². The Labute approximate surface area is 195 Å². The third-order valence-electron chi connectivity index (χ3n) is 5.65. The Morgan fingerprint density at radius 3 is 2.58 bits per heavy atom. The number of hydrogen-bond acceptors (Lipinski definition) is 7. The molecule has 0 bridgehead atoms. The summed E-state index contributed by atoms with van der Waals surface area (Å²) in [6.45, 7) is 2.00. The Morgan fingerprint density at radius 2 is 1.97 bits per heavy atom. The summed E-state index contributed by atoms with van der Waals surface area (Å²) in [7, 11) is 1.57. The summed E-state index contributed by atoms with van der Waals surface area (Å²) in [6.07, 6.45) is -0.479. The number of morpholine rings is 1. The molecule has 33 heavy (non-hydrogen) atoms. The maximum atomic E-state index is 12.5. The molecule has 9 heteroatoms. The number of carbonyl (C=O) groups excluding carboxylic acids is 2. The highest BCUT2D eigenvalue weighted by Gasteiger charge is 2.37. The highest BCUT2D eigenvalue weighted by molar-refractivity contribution is 7.09. The lowest BCUT2D eigenvalue weighted by atomic mass is 9.99. The lowest BCUT2D eigenvalue weighted by Crippen LogP contribution is -2.52. The number of thiazole rings is 1. The Kier molecular flexibility index (Phi) is 7.02. The first-order chi connectivity index (χ1) is 16.0. The van der Waals surface area contributed by atoms with Crippen molar-refractivity contribution in [3.05, 3.63) is 75.7 Å². The fourth-order valence-electron chi connectivity index (χ4n) is 3.76. The van der Waals surface area contributed by atoms with Crippen molar-refractivity contribution in [2.24, 2.45) is 0 Å². The average molecular weight is 468 g/mol. The predicted octanol–water partition coefficient (Wildman–Crippen LogP) is 3.17. The number of aliphatic hydroxyl groups is 1. The number of amides is 2. The third kappa shape index (κ3) is 5.05. The van der Waals surface area contributed by atoms with E-state index in [0.29, 0.717) is 23.5 Å². The van der Waals surface area contributed by atoms with E-state index in [1.807, 2.05) is 19.1 Å². The molecule has 1 fully saturated rings. The van der Waals surface area contributed by atoms with Gasteiger partial charge >= 0.3 is 0 Å². The van der Waals surface area contributed by atoms with Gasteiger partial charge in [-0.2, -0.15) is 0 Å². The van der Waals surface area contributed by atoms with Gasteiger partial charge in [0.05, 0.1) is 37.5 Å². The van der Waals surface area contributed by atoms with Crippen LogP contribution < -0.4 is 10.1 Å². The minimum absolute atomic E-state index is 0.0605. The molecule has 0 aliphatic carbocycles. The summed E-state index contributed by atoms with van der Waals surface area (Å²) in [6, 6.07) is 13.6. The normalized spacial score (nSPS) is 18.3. The topological polar surface area (TPSA) is 101 Å². The van der Waals surface area contributed by atoms with Gasteiger partial charge in [0.2, 0.25) is 5.91 Å². The first-order valence-electron chi connectivity index (χ1n) is 10.5. The van der Waals surface area contributed by atoms with E-state index in [1.165, 1.54) is 11.3 Å². The molecule has 0 saturated carbocycles. The SMILES string of the molecule is COc1ccc(C(=O)Nc2ccc(C3OCC(=O)N(Cc4scnc4C)C3CO)cc2)cc1. The van der Waals surface area contributed by atoms with Gasteiger partial charge < -0.3 is 24.8 Å². The second-order valence-corrected chi connectivity index (χ2v) is 8.61. The number of aliphatic hydroxyl groups excluding tert-OH is 1. The van der Waals surface area contributed by atoms with Crippen LogP contribution in [0.5, 0.6) is 5.75 Å². The molecule has 3 aromatic rings. The van der Waals surface area contributed by atoms with Crippen molar-refractivity contribution in [1.82, 2.24) is 9.88 Å². The Hall–Kier alpha value is -3.27. The number of hydrogen-bond donors (Lipinski definition) is 2. The van der Waals surface area contributed by atoms with Crippen LogP contribution in [0.3, 0.4) is 0 Å². The maximum Gasteiger partial charge on any atom is 0.255 e. The number of anilines is 1. The van der Waals surface area contributed by atoms with E-state index >= 15 is 0 Å². The molecular formula is C24H25N3O5S. The molecule has 2 aromatic carbocycles. The molecule has 1 aromatic heterocycles. The van der Waals surface area contributed by atoms with E-state index in [9.17, 15) is 14.7 Å². The van der Waals surface area contributed by atoms with Crippen LogP contribution in [0.25, 0.3) is 0 Å². The number of rotatable bonds is 7. The molecule has 1 saturated heterocycles. The highest BCUT2D eigenvalue weighted by atomic mass is 32.1. The minimum Gasteiger partial charge on any atom is -0.497 e. The zero-order chi connectivity index (χ0) is 23.4. The van der Waals surface area contributed by atoms with E-state index in [-0.39, 0.29) is 25.0 Å². The van der Waals surface area contributed by atoms with Gasteiger partial charge in [0, 0.05) is 16.1 Å². The molecule has 1 aliphatic rings. The van der Waals surface area contributed by atoms with E-state index in [1.54, 1.807) is 53.9 Å². The van der Waals surface area contributed by atoms with E-state index in [0.717, 1.165) is 16.1 Å². The summed E-state index contributed by atoms with van der Waals surface area (Å²) in [4.78, 5) is 31.9. The Bertz CT molecular complexity index is 1110. The molecule has 2 heterocycles. The van der Waals surface area contributed by atoms with Crippen molar-refractivity contribution < 1.29 is 24.2 Å². The Balaban J connectivity index is 1.47. The highest BCUT2D eigenvalue weighted by Crippen LogP contribution is 2.31. The van der Waals surface area contributed by atoms with Gasteiger partial charge in [-0.3, -0.25) is 9.59 Å². The smallest absolute Gasteiger partial charge is 0.255 e. The summed E-state index contributed by atoms with van der Waals surface area (Å²) in [5.41, 5.74) is 4.59. The van der Waals surface area contributed by atoms with Gasteiger partial charge in [-0.15, -0.1) is 11.3 Å². The van der Waals surface area contributed by atoms with Crippen LogP contribution in [0, 0.1) is 6.92 Å². The van der Waals surface area contributed by atoms with Crippen molar-refractivity contribution in [3.8, 4) is 5.75 Å². The summed E-state index contributed by atoms with van der Waals surface area (Å²) >= 11 is 1.49. The van der Waals surface area contributed by atoms with Crippen LogP contribution in [0.4, 0.5) is 5.69 Å². The molecule has 8 nitrogen and oxygen atoms in total. The van der Waals surface area contributed by atoms with Crippen LogP contribution in [-0.4, -0.2) is 53.2 Å². The van der Waals surface area contributed by atoms with Gasteiger partial charge in [-0.1, -0.05) is 12.1 Å². The first kappa shape index (κ1) is 22.9. The first-order valence-corrected chi connectivity index (χ1v) is 11.3. The molecule has 0 radical (unpaired) electrons. The molecule has 0 spiro atoms. The number of carbonyl (C=O) groups is 2. The molecule has 2 N–H and O–H groups in total. The van der Waals surface area contributed by atoms with Crippen LogP contribution in [0.1, 0.15) is 32.6 Å². The largest absolute Gasteiger partial charge is 0.497 e. The molecule has 2 atom stereocenters. The minimum atomic E-state index is -0.521. The number of ether oxygens (including phenoxy) is 2. The Morgan fingerprint density at radius 1 is 1.24 bits per heavy atom. The summed E-state index contributed by atoms with van der Waals surface area (Å²) in [5.74, 6) is 0.283. The monoisotopic (exact) mass is 467 g/mol. The van der Waals surface area contributed by atoms with E-state index in [2.05, 4.69) is 10.3 Å². The molecule has 2 amide bonds. The molecule has 4 rings (SSSR count). The van der Waals surface area contributed by atoms with Crippen LogP contribution >= 0.6 is 11.3 Å². The van der Waals surface area contributed by atoms with Gasteiger partial charge in [0.1, 0.15) is 18.5 Å². The van der Waals surface area contributed by atoms with Gasteiger partial charge in [-0.05, 0) is 48.9 Å². The lowest BCUT2D eigenvalue weighted by Gasteiger charge is -2.40. The number of methoxy groups -OCH3 is 1. The standard InChI is InChI=1S/C24H25N3O5S/c1-15-21(33-14-25-15)11-27-20(12-28)23(32-13-22(27)29)16-3-7-18(8-4-16)26-24(30)17-5-9-19(31-2)10-6-17/h3-10,14,20,23,28H,11-13H2,1-2H3,(H,26,30). The fourth-order valence-corrected chi connectivity index (χ4v) is 4.53. The average Bonchev–Trinajstić information content (AvgIpc) is 3.25. The van der Waals surface area contributed by atoms with Crippen LogP contribution in [0.15, 0.2) is 54.0 Å². The summed E-state index contributed by atoms with van der Waals surface area (Å²) in [5, 5.41) is 13.0. The predicted molar refractivity (Wildman–Crippen MR) is 124 cm³/mol. The third-order valence-corrected chi connectivity index (χ3v) is 6.57. The van der Waals surface area contributed by atoms with Crippen molar-refractivity contribution >= 4 is 28.8 Å². The van der Waals surface area contributed by atoms with Crippen LogP contribution in [0.2, 0.25) is 0 Å². The molecule has 1 aliphatic heterocycles.